The summed E-state index contributed by atoms with van der Waals surface area (Å²) in [6.07, 6.45) is 9.76. The van der Waals surface area contributed by atoms with Crippen LogP contribution in [0.25, 0.3) is 0 Å². The monoisotopic (exact) mass is 210 g/mol. The summed E-state index contributed by atoms with van der Waals surface area (Å²) in [5.41, 5.74) is 4.28. The highest BCUT2D eigenvalue weighted by Gasteiger charge is 2.33. The van der Waals surface area contributed by atoms with E-state index in [1.54, 1.807) is 0 Å². The number of piperidine rings is 1. The third-order valence-electron chi connectivity index (χ3n) is 4.20. The maximum atomic E-state index is 3.78. The first-order valence-corrected chi connectivity index (χ1v) is 6.70. The lowest BCUT2D eigenvalue weighted by Crippen LogP contribution is -2.53. The molecular formula is C13H26N2. The molecule has 0 radical (unpaired) electrons. The molecule has 0 bridgehead atoms. The molecule has 1 aliphatic heterocycles. The first-order chi connectivity index (χ1) is 7.18. The SMILES string of the molecule is CC1(C)CCCCC1NN1CCCCC1. The summed E-state index contributed by atoms with van der Waals surface area (Å²) in [5, 5.41) is 2.47. The van der Waals surface area contributed by atoms with Gasteiger partial charge in [-0.2, -0.15) is 0 Å². The molecular weight excluding hydrogens is 184 g/mol. The van der Waals surface area contributed by atoms with Gasteiger partial charge in [0.15, 0.2) is 0 Å². The summed E-state index contributed by atoms with van der Waals surface area (Å²) in [7, 11) is 0. The summed E-state index contributed by atoms with van der Waals surface area (Å²) in [6.45, 7) is 7.36. The quantitative estimate of drug-likeness (QED) is 0.754. The molecule has 0 amide bonds. The Balaban J connectivity index is 1.85. The average Bonchev–Trinajstić information content (AvgIpc) is 2.23. The van der Waals surface area contributed by atoms with Crippen molar-refractivity contribution in [1.29, 1.82) is 0 Å². The van der Waals surface area contributed by atoms with E-state index in [0.717, 1.165) is 0 Å². The average molecular weight is 210 g/mol. The van der Waals surface area contributed by atoms with E-state index in [9.17, 15) is 0 Å². The van der Waals surface area contributed by atoms with Gasteiger partial charge < -0.3 is 0 Å². The standard InChI is InChI=1S/C13H26N2/c1-13(2)9-5-4-8-12(13)14-15-10-6-3-7-11-15/h12,14H,3-11H2,1-2H3. The van der Waals surface area contributed by atoms with Gasteiger partial charge in [-0.25, -0.2) is 5.01 Å². The lowest BCUT2D eigenvalue weighted by molar-refractivity contribution is 0.0556. The van der Waals surface area contributed by atoms with Crippen LogP contribution in [0.4, 0.5) is 0 Å². The van der Waals surface area contributed by atoms with E-state index < -0.39 is 0 Å². The molecule has 1 saturated carbocycles. The van der Waals surface area contributed by atoms with Gasteiger partial charge in [0.05, 0.1) is 0 Å². The summed E-state index contributed by atoms with van der Waals surface area (Å²) >= 11 is 0. The number of rotatable bonds is 2. The van der Waals surface area contributed by atoms with Gasteiger partial charge >= 0.3 is 0 Å². The molecule has 1 saturated heterocycles. The predicted octanol–water partition coefficient (Wildman–Crippen LogP) is 2.95. The number of hydrogen-bond acceptors (Lipinski definition) is 2. The smallest absolute Gasteiger partial charge is 0.0266 e. The van der Waals surface area contributed by atoms with Crippen molar-refractivity contribution >= 4 is 0 Å². The van der Waals surface area contributed by atoms with E-state index in [4.69, 9.17) is 0 Å². The van der Waals surface area contributed by atoms with Gasteiger partial charge in [-0.05, 0) is 31.1 Å². The molecule has 2 aliphatic rings. The summed E-state index contributed by atoms with van der Waals surface area (Å²) in [5.74, 6) is 0. The number of hydrogen-bond donors (Lipinski definition) is 1. The fraction of sp³-hybridized carbons (Fsp3) is 1.00. The van der Waals surface area contributed by atoms with E-state index >= 15 is 0 Å². The second-order valence-electron chi connectivity index (χ2n) is 5.96. The lowest BCUT2D eigenvalue weighted by atomic mass is 9.73. The van der Waals surface area contributed by atoms with Gasteiger partial charge in [-0.1, -0.05) is 33.1 Å². The van der Waals surface area contributed by atoms with Crippen LogP contribution >= 0.6 is 0 Å². The van der Waals surface area contributed by atoms with Crippen LogP contribution < -0.4 is 5.43 Å². The van der Waals surface area contributed by atoms with Crippen LogP contribution in [-0.2, 0) is 0 Å². The molecule has 15 heavy (non-hydrogen) atoms. The second-order valence-corrected chi connectivity index (χ2v) is 5.96. The molecule has 0 aromatic rings. The minimum Gasteiger partial charge on any atom is -0.252 e. The van der Waals surface area contributed by atoms with E-state index in [1.807, 2.05) is 0 Å². The third-order valence-corrected chi connectivity index (χ3v) is 4.20. The van der Waals surface area contributed by atoms with E-state index in [2.05, 4.69) is 24.3 Å². The Morgan fingerprint density at radius 3 is 2.40 bits per heavy atom. The molecule has 2 rings (SSSR count). The molecule has 2 heteroatoms. The van der Waals surface area contributed by atoms with Crippen LogP contribution in [0.2, 0.25) is 0 Å². The largest absolute Gasteiger partial charge is 0.252 e. The topological polar surface area (TPSA) is 15.3 Å². The molecule has 0 aromatic heterocycles. The Morgan fingerprint density at radius 2 is 1.73 bits per heavy atom. The summed E-state index contributed by atoms with van der Waals surface area (Å²) < 4.78 is 0. The zero-order valence-corrected chi connectivity index (χ0v) is 10.4. The van der Waals surface area contributed by atoms with Crippen molar-refractivity contribution < 1.29 is 0 Å². The van der Waals surface area contributed by atoms with E-state index in [-0.39, 0.29) is 0 Å². The first kappa shape index (κ1) is 11.4. The van der Waals surface area contributed by atoms with Crippen LogP contribution in [0.15, 0.2) is 0 Å². The number of nitrogens with zero attached hydrogens (tertiary/aromatic N) is 1. The van der Waals surface area contributed by atoms with Crippen molar-refractivity contribution in [3.8, 4) is 0 Å². The number of nitrogens with one attached hydrogen (secondary N) is 1. The molecule has 1 aliphatic carbocycles. The fourth-order valence-corrected chi connectivity index (χ4v) is 2.98. The molecule has 1 N–H and O–H groups in total. The molecule has 2 fully saturated rings. The highest BCUT2D eigenvalue weighted by Crippen LogP contribution is 2.35. The van der Waals surface area contributed by atoms with E-state index in [0.29, 0.717) is 11.5 Å². The van der Waals surface area contributed by atoms with Gasteiger partial charge in [0.25, 0.3) is 0 Å². The van der Waals surface area contributed by atoms with Gasteiger partial charge in [0.2, 0.25) is 0 Å². The Morgan fingerprint density at radius 1 is 1.00 bits per heavy atom. The number of hydrazine groups is 1. The van der Waals surface area contributed by atoms with Crippen molar-refractivity contribution in [2.24, 2.45) is 5.41 Å². The first-order valence-electron chi connectivity index (χ1n) is 6.70. The van der Waals surface area contributed by atoms with Crippen LogP contribution in [0.3, 0.4) is 0 Å². The van der Waals surface area contributed by atoms with Crippen LogP contribution in [0.1, 0.15) is 58.8 Å². The van der Waals surface area contributed by atoms with Crippen LogP contribution in [0, 0.1) is 5.41 Å². The van der Waals surface area contributed by atoms with Crippen molar-refractivity contribution in [2.75, 3.05) is 13.1 Å². The molecule has 1 heterocycles. The summed E-state index contributed by atoms with van der Waals surface area (Å²) in [4.78, 5) is 0. The summed E-state index contributed by atoms with van der Waals surface area (Å²) in [6, 6.07) is 0.712. The van der Waals surface area contributed by atoms with Crippen molar-refractivity contribution in [3.05, 3.63) is 0 Å². The third kappa shape index (κ3) is 2.94. The zero-order chi connectivity index (χ0) is 10.7. The molecule has 2 nitrogen and oxygen atoms in total. The van der Waals surface area contributed by atoms with Crippen molar-refractivity contribution in [3.63, 3.8) is 0 Å². The molecule has 1 atom stereocenters. The Bertz CT molecular complexity index is 195. The molecule has 88 valence electrons. The minimum absolute atomic E-state index is 0.496. The van der Waals surface area contributed by atoms with Gasteiger partial charge in [-0.15, -0.1) is 0 Å². The van der Waals surface area contributed by atoms with Gasteiger partial charge in [0.1, 0.15) is 0 Å². The molecule has 0 spiro atoms. The fourth-order valence-electron chi connectivity index (χ4n) is 2.98. The maximum Gasteiger partial charge on any atom is 0.0266 e. The molecule has 0 aromatic carbocycles. The highest BCUT2D eigenvalue weighted by molar-refractivity contribution is 4.87. The predicted molar refractivity (Wildman–Crippen MR) is 64.6 cm³/mol. The van der Waals surface area contributed by atoms with Gasteiger partial charge in [0, 0.05) is 19.1 Å². The van der Waals surface area contributed by atoms with Gasteiger partial charge in [-0.3, -0.25) is 5.43 Å². The highest BCUT2D eigenvalue weighted by atomic mass is 15.5. The van der Waals surface area contributed by atoms with Crippen molar-refractivity contribution in [2.45, 2.75) is 64.8 Å². The van der Waals surface area contributed by atoms with Crippen molar-refractivity contribution in [1.82, 2.24) is 10.4 Å². The van der Waals surface area contributed by atoms with E-state index in [1.165, 1.54) is 58.0 Å². The Hall–Kier alpha value is -0.0800. The van der Waals surface area contributed by atoms with Crippen LogP contribution in [-0.4, -0.2) is 24.1 Å². The van der Waals surface area contributed by atoms with Crippen LogP contribution in [0.5, 0.6) is 0 Å². The second kappa shape index (κ2) is 4.84. The zero-order valence-electron chi connectivity index (χ0n) is 10.4. The normalized spacial score (nSPS) is 32.8. The maximum absolute atomic E-state index is 3.78. The Labute approximate surface area is 94.4 Å². The lowest BCUT2D eigenvalue weighted by Gasteiger charge is -2.43. The minimum atomic E-state index is 0.496. The Kier molecular flexibility index (Phi) is 3.68. The molecule has 1 unspecified atom stereocenters.